The lowest BCUT2D eigenvalue weighted by molar-refractivity contribution is 0.0263. The Labute approximate surface area is 201 Å². The Balaban J connectivity index is 1.55. The molecule has 3 atom stereocenters. The highest BCUT2D eigenvalue weighted by Crippen LogP contribution is 2.36. The summed E-state index contributed by atoms with van der Waals surface area (Å²) in [5.74, 6) is 0.940. The monoisotopic (exact) mass is 463 g/mol. The van der Waals surface area contributed by atoms with Crippen LogP contribution in [0.1, 0.15) is 39.8 Å². The van der Waals surface area contributed by atoms with Crippen molar-refractivity contribution in [3.63, 3.8) is 0 Å². The summed E-state index contributed by atoms with van der Waals surface area (Å²) in [7, 11) is 3.27. The molecule has 0 fully saturated rings. The first-order valence-corrected chi connectivity index (χ1v) is 11.6. The highest BCUT2D eigenvalue weighted by Gasteiger charge is 2.32. The van der Waals surface area contributed by atoms with Gasteiger partial charge in [-0.2, -0.15) is 0 Å². The number of ether oxygens (including phenoxy) is 2. The number of methoxy groups -OCH3 is 2. The zero-order valence-corrected chi connectivity index (χ0v) is 19.7. The zero-order chi connectivity index (χ0) is 24.1. The maximum Gasteiger partial charge on any atom is 0.161 e. The fourth-order valence-electron chi connectivity index (χ4n) is 4.79. The summed E-state index contributed by atoms with van der Waals surface area (Å²) >= 11 is 0. The smallest absolute Gasteiger partial charge is 0.161 e. The van der Waals surface area contributed by atoms with E-state index in [0.717, 1.165) is 35.4 Å². The van der Waals surface area contributed by atoms with Gasteiger partial charge in [0.1, 0.15) is 0 Å². The van der Waals surface area contributed by atoms with Crippen LogP contribution in [0, 0.1) is 0 Å². The van der Waals surface area contributed by atoms with E-state index in [2.05, 4.69) is 4.90 Å². The van der Waals surface area contributed by atoms with E-state index in [9.17, 15) is 15.3 Å². The Morgan fingerprint density at radius 2 is 1.50 bits per heavy atom. The summed E-state index contributed by atoms with van der Waals surface area (Å²) in [5, 5.41) is 32.0. The molecule has 0 spiro atoms. The molecule has 180 valence electrons. The standard InChI is InChI=1S/C28H33NO5/c1-33-25-14-22-12-13-29(16-23(22)15-26(25)34-2)17-24(31)27(20-6-4-3-5-7-20)28(32)21-10-8-19(18-30)9-11-21/h3-11,14-15,24,27-28,30-32H,12-13,16-18H2,1-2H3/t24-,27-,28+/m1/s1. The third-order valence-corrected chi connectivity index (χ3v) is 6.69. The van der Waals surface area contributed by atoms with E-state index in [1.54, 1.807) is 26.4 Å². The molecule has 0 aliphatic carbocycles. The molecule has 3 aromatic carbocycles. The molecular weight excluding hydrogens is 430 g/mol. The molecule has 1 heterocycles. The first kappa shape index (κ1) is 24.2. The van der Waals surface area contributed by atoms with Crippen molar-refractivity contribution in [3.05, 3.63) is 94.5 Å². The molecule has 0 amide bonds. The minimum absolute atomic E-state index is 0.0474. The van der Waals surface area contributed by atoms with Crippen LogP contribution in [0.4, 0.5) is 0 Å². The van der Waals surface area contributed by atoms with E-state index in [1.807, 2.05) is 54.6 Å². The summed E-state index contributed by atoms with van der Waals surface area (Å²) in [6, 6.07) is 21.0. The van der Waals surface area contributed by atoms with Gasteiger partial charge < -0.3 is 24.8 Å². The molecule has 4 rings (SSSR count). The van der Waals surface area contributed by atoms with E-state index in [-0.39, 0.29) is 6.61 Å². The molecule has 1 aliphatic rings. The average molecular weight is 464 g/mol. The Hall–Kier alpha value is -2.90. The Morgan fingerprint density at radius 1 is 0.853 bits per heavy atom. The van der Waals surface area contributed by atoms with Crippen molar-refractivity contribution >= 4 is 0 Å². The van der Waals surface area contributed by atoms with Crippen LogP contribution in [0.5, 0.6) is 11.5 Å². The number of rotatable bonds is 9. The second kappa shape index (κ2) is 11.0. The SMILES string of the molecule is COc1cc2c(cc1OC)CN(C[C@@H](O)[C@@H](c1ccccc1)[C@@H](O)c1ccc(CO)cc1)CC2. The molecular formula is C28H33NO5. The number of hydrogen-bond donors (Lipinski definition) is 3. The van der Waals surface area contributed by atoms with Gasteiger partial charge >= 0.3 is 0 Å². The number of nitrogens with zero attached hydrogens (tertiary/aromatic N) is 1. The van der Waals surface area contributed by atoms with Crippen LogP contribution >= 0.6 is 0 Å². The van der Waals surface area contributed by atoms with E-state index in [4.69, 9.17) is 9.47 Å². The average Bonchev–Trinajstić information content (AvgIpc) is 2.88. The predicted molar refractivity (Wildman–Crippen MR) is 131 cm³/mol. The second-order valence-electron chi connectivity index (χ2n) is 8.81. The number of hydrogen-bond acceptors (Lipinski definition) is 6. The number of β-amino-alcohol motifs (C(OH)–C–C–N with tert-alkyl or cyclic N) is 1. The lowest BCUT2D eigenvalue weighted by Gasteiger charge is -2.35. The van der Waals surface area contributed by atoms with E-state index in [1.165, 1.54) is 5.56 Å². The van der Waals surface area contributed by atoms with Crippen LogP contribution in [0.2, 0.25) is 0 Å². The number of benzene rings is 3. The topological polar surface area (TPSA) is 82.4 Å². The molecule has 0 saturated carbocycles. The Bertz CT molecular complexity index is 1070. The van der Waals surface area contributed by atoms with Gasteiger partial charge in [0, 0.05) is 25.6 Å². The summed E-state index contributed by atoms with van der Waals surface area (Å²) in [6.45, 7) is 1.88. The van der Waals surface area contributed by atoms with Crippen LogP contribution < -0.4 is 9.47 Å². The van der Waals surface area contributed by atoms with Gasteiger partial charge in [0.05, 0.1) is 33.0 Å². The zero-order valence-electron chi connectivity index (χ0n) is 19.7. The third kappa shape index (κ3) is 5.26. The second-order valence-corrected chi connectivity index (χ2v) is 8.81. The van der Waals surface area contributed by atoms with E-state index >= 15 is 0 Å². The number of aliphatic hydroxyl groups excluding tert-OH is 3. The van der Waals surface area contributed by atoms with Crippen LogP contribution in [-0.2, 0) is 19.6 Å². The van der Waals surface area contributed by atoms with E-state index in [0.29, 0.717) is 24.4 Å². The van der Waals surface area contributed by atoms with Crippen molar-refractivity contribution in [2.45, 2.75) is 37.7 Å². The lowest BCUT2D eigenvalue weighted by Crippen LogP contribution is -2.40. The molecule has 0 radical (unpaired) electrons. The predicted octanol–water partition coefficient (Wildman–Crippen LogP) is 3.43. The van der Waals surface area contributed by atoms with Crippen molar-refractivity contribution in [1.82, 2.24) is 4.90 Å². The minimum atomic E-state index is -0.883. The highest BCUT2D eigenvalue weighted by atomic mass is 16.5. The first-order valence-electron chi connectivity index (χ1n) is 11.6. The summed E-state index contributed by atoms with van der Waals surface area (Å²) in [4.78, 5) is 2.22. The minimum Gasteiger partial charge on any atom is -0.493 e. The lowest BCUT2D eigenvalue weighted by atomic mass is 9.84. The number of aliphatic hydroxyl groups is 3. The molecule has 0 unspecified atom stereocenters. The van der Waals surface area contributed by atoms with Gasteiger partial charge in [-0.15, -0.1) is 0 Å². The van der Waals surface area contributed by atoms with Gasteiger partial charge in [0.25, 0.3) is 0 Å². The van der Waals surface area contributed by atoms with Gasteiger partial charge in [-0.1, -0.05) is 54.6 Å². The third-order valence-electron chi connectivity index (χ3n) is 6.69. The summed E-state index contributed by atoms with van der Waals surface area (Å²) in [5.41, 5.74) is 4.77. The van der Waals surface area contributed by atoms with Crippen molar-refractivity contribution < 1.29 is 24.8 Å². The molecule has 3 N–H and O–H groups in total. The van der Waals surface area contributed by atoms with Gasteiger partial charge in [-0.25, -0.2) is 0 Å². The quantitative estimate of drug-likeness (QED) is 0.451. The van der Waals surface area contributed by atoms with Crippen molar-refractivity contribution in [1.29, 1.82) is 0 Å². The highest BCUT2D eigenvalue weighted by molar-refractivity contribution is 5.48. The molecule has 0 aromatic heterocycles. The molecule has 6 heteroatoms. The van der Waals surface area contributed by atoms with Crippen LogP contribution in [0.3, 0.4) is 0 Å². The Kier molecular flexibility index (Phi) is 7.85. The fourth-order valence-corrected chi connectivity index (χ4v) is 4.79. The molecule has 6 nitrogen and oxygen atoms in total. The first-order chi connectivity index (χ1) is 16.5. The van der Waals surface area contributed by atoms with Gasteiger partial charge in [0.15, 0.2) is 11.5 Å². The van der Waals surface area contributed by atoms with E-state index < -0.39 is 18.1 Å². The van der Waals surface area contributed by atoms with Crippen molar-refractivity contribution in [2.24, 2.45) is 0 Å². The van der Waals surface area contributed by atoms with Crippen LogP contribution in [0.15, 0.2) is 66.7 Å². The molecule has 34 heavy (non-hydrogen) atoms. The Morgan fingerprint density at radius 3 is 2.12 bits per heavy atom. The summed E-state index contributed by atoms with van der Waals surface area (Å²) < 4.78 is 10.9. The van der Waals surface area contributed by atoms with Gasteiger partial charge in [-0.3, -0.25) is 4.90 Å². The van der Waals surface area contributed by atoms with Gasteiger partial charge in [0.2, 0.25) is 0 Å². The summed E-state index contributed by atoms with van der Waals surface area (Å²) in [6.07, 6.45) is -0.813. The molecule has 0 saturated heterocycles. The molecule has 1 aliphatic heterocycles. The largest absolute Gasteiger partial charge is 0.493 e. The van der Waals surface area contributed by atoms with Crippen molar-refractivity contribution in [2.75, 3.05) is 27.3 Å². The normalized spacial score (nSPS) is 16.4. The van der Waals surface area contributed by atoms with Crippen LogP contribution in [-0.4, -0.2) is 53.6 Å². The maximum absolute atomic E-state index is 11.4. The van der Waals surface area contributed by atoms with Crippen LogP contribution in [0.25, 0.3) is 0 Å². The molecule has 3 aromatic rings. The van der Waals surface area contributed by atoms with Gasteiger partial charge in [-0.05, 0) is 46.4 Å². The fraction of sp³-hybridized carbons (Fsp3) is 0.357. The molecule has 0 bridgehead atoms. The van der Waals surface area contributed by atoms with Crippen molar-refractivity contribution in [3.8, 4) is 11.5 Å². The number of fused-ring (bicyclic) bond motifs is 1. The maximum atomic E-state index is 11.4.